The molecule has 148 valence electrons. The number of hydrogen-bond donors (Lipinski definition) is 0. The third-order valence-electron chi connectivity index (χ3n) is 4.78. The summed E-state index contributed by atoms with van der Waals surface area (Å²) in [5.74, 6) is 0.371. The third-order valence-corrected chi connectivity index (χ3v) is 5.97. The first-order chi connectivity index (χ1) is 13.9. The van der Waals surface area contributed by atoms with Gasteiger partial charge in [-0.3, -0.25) is 9.59 Å². The van der Waals surface area contributed by atoms with Crippen molar-refractivity contribution in [1.82, 2.24) is 10.2 Å². The van der Waals surface area contributed by atoms with Crippen LogP contribution in [0, 0.1) is 0 Å². The molecule has 1 atom stereocenters. The fourth-order valence-corrected chi connectivity index (χ4v) is 4.17. The van der Waals surface area contributed by atoms with Crippen molar-refractivity contribution in [2.75, 3.05) is 11.4 Å². The van der Waals surface area contributed by atoms with Gasteiger partial charge in [-0.05, 0) is 61.4 Å². The predicted octanol–water partition coefficient (Wildman–Crippen LogP) is 4.66. The molecule has 1 aliphatic rings. The highest BCUT2D eigenvalue weighted by atomic mass is 35.5. The zero-order valence-corrected chi connectivity index (χ0v) is 17.5. The van der Waals surface area contributed by atoms with Crippen molar-refractivity contribution in [2.24, 2.45) is 0 Å². The van der Waals surface area contributed by atoms with Crippen LogP contribution in [0.2, 0.25) is 5.02 Å². The Bertz CT molecular complexity index is 1080. The molecular weight excluding hydrogens is 410 g/mol. The highest BCUT2D eigenvalue weighted by molar-refractivity contribution is 8.00. The minimum absolute atomic E-state index is 0.0136. The van der Waals surface area contributed by atoms with Crippen molar-refractivity contribution < 1.29 is 14.0 Å². The Balaban J connectivity index is 1.47. The summed E-state index contributed by atoms with van der Waals surface area (Å²) in [4.78, 5) is 26.3. The van der Waals surface area contributed by atoms with Crippen LogP contribution in [0.25, 0.3) is 11.5 Å². The smallest absolute Gasteiger partial charge is 0.277 e. The number of amides is 1. The molecular formula is C21H18ClN3O3S. The number of aromatic nitrogens is 2. The molecule has 0 radical (unpaired) electrons. The maximum absolute atomic E-state index is 12.9. The van der Waals surface area contributed by atoms with Crippen LogP contribution in [-0.4, -0.2) is 33.7 Å². The van der Waals surface area contributed by atoms with Crippen LogP contribution in [0.5, 0.6) is 0 Å². The van der Waals surface area contributed by atoms with Crippen LogP contribution in [0.1, 0.15) is 29.8 Å². The second-order valence-electron chi connectivity index (χ2n) is 6.77. The van der Waals surface area contributed by atoms with Gasteiger partial charge in [0.05, 0.1) is 5.25 Å². The van der Waals surface area contributed by atoms with Gasteiger partial charge < -0.3 is 9.32 Å². The summed E-state index contributed by atoms with van der Waals surface area (Å²) in [6.45, 7) is 4.02. The van der Waals surface area contributed by atoms with Crippen molar-refractivity contribution >= 4 is 40.7 Å². The lowest BCUT2D eigenvalue weighted by atomic mass is 10.0. The Kier molecular flexibility index (Phi) is 5.43. The van der Waals surface area contributed by atoms with Crippen molar-refractivity contribution in [3.63, 3.8) is 0 Å². The number of hydrogen-bond acceptors (Lipinski definition) is 6. The van der Waals surface area contributed by atoms with E-state index in [1.54, 1.807) is 42.2 Å². The summed E-state index contributed by atoms with van der Waals surface area (Å²) in [6.07, 6.45) is 0.756. The van der Waals surface area contributed by atoms with E-state index in [9.17, 15) is 9.59 Å². The van der Waals surface area contributed by atoms with Crippen molar-refractivity contribution in [3.8, 4) is 11.5 Å². The number of rotatable bonds is 5. The molecule has 3 aromatic rings. The van der Waals surface area contributed by atoms with Gasteiger partial charge in [0.2, 0.25) is 11.8 Å². The summed E-state index contributed by atoms with van der Waals surface area (Å²) < 4.78 is 5.68. The molecule has 0 bridgehead atoms. The van der Waals surface area contributed by atoms with Gasteiger partial charge in [0.1, 0.15) is 0 Å². The Labute approximate surface area is 177 Å². The van der Waals surface area contributed by atoms with Crippen molar-refractivity contribution in [1.29, 1.82) is 0 Å². The predicted molar refractivity (Wildman–Crippen MR) is 113 cm³/mol. The number of Topliss-reactive ketones (excluding diaryl/α,β-unsaturated/α-hetero) is 1. The van der Waals surface area contributed by atoms with Crippen LogP contribution >= 0.6 is 23.4 Å². The number of benzene rings is 2. The summed E-state index contributed by atoms with van der Waals surface area (Å²) in [5, 5.41) is 8.65. The number of fused-ring (bicyclic) bond motifs is 1. The van der Waals surface area contributed by atoms with Gasteiger partial charge in [0.15, 0.2) is 5.78 Å². The first-order valence-electron chi connectivity index (χ1n) is 9.13. The maximum atomic E-state index is 12.9. The monoisotopic (exact) mass is 427 g/mol. The SMILES string of the molecule is CC(=O)N1CCc2cc(C(=O)[C@@H](C)Sc3nnc(-c4ccc(Cl)cc4)o3)ccc21. The molecule has 1 amide bonds. The van der Waals surface area contributed by atoms with E-state index in [4.69, 9.17) is 16.0 Å². The third kappa shape index (κ3) is 4.06. The number of ketones is 1. The van der Waals surface area contributed by atoms with E-state index in [-0.39, 0.29) is 11.7 Å². The average molecular weight is 428 g/mol. The van der Waals surface area contributed by atoms with Crippen molar-refractivity contribution in [3.05, 3.63) is 58.6 Å². The largest absolute Gasteiger partial charge is 0.411 e. The molecule has 0 saturated carbocycles. The highest BCUT2D eigenvalue weighted by Crippen LogP contribution is 2.32. The lowest BCUT2D eigenvalue weighted by Crippen LogP contribution is -2.25. The van der Waals surface area contributed by atoms with E-state index in [1.165, 1.54) is 11.8 Å². The first-order valence-corrected chi connectivity index (χ1v) is 10.4. The molecule has 2 aromatic carbocycles. The summed E-state index contributed by atoms with van der Waals surface area (Å²) >= 11 is 7.12. The molecule has 0 spiro atoms. The van der Waals surface area contributed by atoms with Gasteiger partial charge in [-0.15, -0.1) is 10.2 Å². The van der Waals surface area contributed by atoms with Gasteiger partial charge in [-0.25, -0.2) is 0 Å². The zero-order chi connectivity index (χ0) is 20.5. The Hall–Kier alpha value is -2.64. The number of nitrogens with zero attached hydrogens (tertiary/aromatic N) is 3. The van der Waals surface area contributed by atoms with Gasteiger partial charge >= 0.3 is 0 Å². The number of thioether (sulfide) groups is 1. The Morgan fingerprint density at radius 3 is 2.66 bits per heavy atom. The summed E-state index contributed by atoms with van der Waals surface area (Å²) in [7, 11) is 0. The number of halogens is 1. The number of anilines is 1. The summed E-state index contributed by atoms with van der Waals surface area (Å²) in [5.41, 5.74) is 3.29. The van der Waals surface area contributed by atoms with Crippen LogP contribution in [0.15, 0.2) is 52.1 Å². The van der Waals surface area contributed by atoms with Gasteiger partial charge in [0, 0.05) is 35.3 Å². The van der Waals surface area contributed by atoms with E-state index in [0.717, 1.165) is 23.2 Å². The van der Waals surface area contributed by atoms with E-state index < -0.39 is 5.25 Å². The van der Waals surface area contributed by atoms with E-state index in [1.807, 2.05) is 19.1 Å². The molecule has 0 fully saturated rings. The molecule has 0 saturated heterocycles. The molecule has 0 aliphatic carbocycles. The number of carbonyl (C=O) groups excluding carboxylic acids is 2. The van der Waals surface area contributed by atoms with E-state index >= 15 is 0 Å². The minimum Gasteiger partial charge on any atom is -0.411 e. The first kappa shape index (κ1) is 19.7. The second kappa shape index (κ2) is 8.00. The lowest BCUT2D eigenvalue weighted by molar-refractivity contribution is -0.116. The normalized spacial score (nSPS) is 14.0. The quantitative estimate of drug-likeness (QED) is 0.435. The van der Waals surface area contributed by atoms with Gasteiger partial charge in [0.25, 0.3) is 5.22 Å². The molecule has 8 heteroatoms. The second-order valence-corrected chi connectivity index (χ2v) is 8.50. The zero-order valence-electron chi connectivity index (χ0n) is 15.9. The van der Waals surface area contributed by atoms with E-state index in [2.05, 4.69) is 10.2 Å². The fourth-order valence-electron chi connectivity index (χ4n) is 3.29. The molecule has 6 nitrogen and oxygen atoms in total. The topological polar surface area (TPSA) is 76.3 Å². The van der Waals surface area contributed by atoms with E-state index in [0.29, 0.717) is 28.2 Å². The van der Waals surface area contributed by atoms with Crippen LogP contribution in [-0.2, 0) is 11.2 Å². The fraction of sp³-hybridized carbons (Fsp3) is 0.238. The van der Waals surface area contributed by atoms with Gasteiger partial charge in [-0.1, -0.05) is 23.4 Å². The molecule has 29 heavy (non-hydrogen) atoms. The van der Waals surface area contributed by atoms with Crippen LogP contribution in [0.3, 0.4) is 0 Å². The minimum atomic E-state index is -0.392. The van der Waals surface area contributed by atoms with Crippen molar-refractivity contribution in [2.45, 2.75) is 30.7 Å². The standard InChI is InChI=1S/C21H18ClN3O3S/c1-12(29-21-24-23-20(28-21)14-3-6-17(22)7-4-14)19(27)16-5-8-18-15(11-16)9-10-25(18)13(2)26/h3-8,11-12H,9-10H2,1-2H3/t12-/m1/s1. The Morgan fingerprint density at radius 2 is 1.93 bits per heavy atom. The average Bonchev–Trinajstić information content (AvgIpc) is 3.34. The molecule has 1 aliphatic heterocycles. The summed E-state index contributed by atoms with van der Waals surface area (Å²) in [6, 6.07) is 12.6. The van der Waals surface area contributed by atoms with Crippen LogP contribution < -0.4 is 4.90 Å². The highest BCUT2D eigenvalue weighted by Gasteiger charge is 2.25. The molecule has 4 rings (SSSR count). The Morgan fingerprint density at radius 1 is 1.17 bits per heavy atom. The molecule has 1 aromatic heterocycles. The maximum Gasteiger partial charge on any atom is 0.277 e. The van der Waals surface area contributed by atoms with Crippen LogP contribution in [0.4, 0.5) is 5.69 Å². The lowest BCUT2D eigenvalue weighted by Gasteiger charge is -2.15. The molecule has 2 heterocycles. The molecule has 0 N–H and O–H groups in total. The number of carbonyl (C=O) groups is 2. The van der Waals surface area contributed by atoms with Gasteiger partial charge in [-0.2, -0.15) is 0 Å². The molecule has 0 unspecified atom stereocenters.